The van der Waals surface area contributed by atoms with Gasteiger partial charge in [0.15, 0.2) is 11.7 Å². The maximum Gasteiger partial charge on any atom is 0.287 e. The minimum absolute atomic E-state index is 0.180. The monoisotopic (exact) mass is 363 g/mol. The Balaban J connectivity index is 1.65. The molecule has 8 heteroatoms. The van der Waals surface area contributed by atoms with E-state index in [1.54, 1.807) is 24.5 Å². The second-order valence-corrected chi connectivity index (χ2v) is 6.92. The molecule has 0 aliphatic heterocycles. The summed E-state index contributed by atoms with van der Waals surface area (Å²) in [5, 5.41) is 10.4. The second kappa shape index (κ2) is 9.22. The van der Waals surface area contributed by atoms with Crippen molar-refractivity contribution in [3.63, 3.8) is 0 Å². The summed E-state index contributed by atoms with van der Waals surface area (Å²) in [7, 11) is 1.74. The molecule has 0 aromatic carbocycles. The molecule has 1 amide bonds. The summed E-state index contributed by atoms with van der Waals surface area (Å²) in [5.41, 5.74) is 1.90. The molecule has 0 fully saturated rings. The standard InChI is InChI=1S/C17H25N5O2S/c1-11-6-9-24-15(11)16(23)19-7-5-8-20-17(18-4)21-10-14-12(2)22-13(3)25-14/h6,9H,5,7-8,10H2,1-4H3,(H,19,23)(H2,18,20,21). The highest BCUT2D eigenvalue weighted by atomic mass is 32.1. The molecule has 0 radical (unpaired) electrons. The van der Waals surface area contributed by atoms with E-state index >= 15 is 0 Å². The second-order valence-electron chi connectivity index (χ2n) is 5.64. The van der Waals surface area contributed by atoms with Crippen LogP contribution >= 0.6 is 11.3 Å². The molecule has 2 aromatic rings. The highest BCUT2D eigenvalue weighted by molar-refractivity contribution is 7.11. The predicted octanol–water partition coefficient (Wildman–Crippen LogP) is 2.15. The largest absolute Gasteiger partial charge is 0.459 e. The molecule has 3 N–H and O–H groups in total. The Morgan fingerprint density at radius 1 is 1.24 bits per heavy atom. The van der Waals surface area contributed by atoms with E-state index in [-0.39, 0.29) is 5.91 Å². The Labute approximate surface area is 151 Å². The number of guanidine groups is 1. The number of aryl methyl sites for hydroxylation is 3. The van der Waals surface area contributed by atoms with E-state index < -0.39 is 0 Å². The fourth-order valence-electron chi connectivity index (χ4n) is 2.30. The van der Waals surface area contributed by atoms with Gasteiger partial charge in [0.2, 0.25) is 0 Å². The SMILES string of the molecule is CN=C(NCCCNC(=O)c1occc1C)NCc1sc(C)nc1C. The third-order valence-corrected chi connectivity index (χ3v) is 4.71. The van der Waals surface area contributed by atoms with Gasteiger partial charge < -0.3 is 20.4 Å². The zero-order valence-electron chi connectivity index (χ0n) is 15.1. The summed E-state index contributed by atoms with van der Waals surface area (Å²) < 4.78 is 5.16. The van der Waals surface area contributed by atoms with Crippen LogP contribution in [0.5, 0.6) is 0 Å². The number of hydrogen-bond donors (Lipinski definition) is 3. The molecule has 25 heavy (non-hydrogen) atoms. The number of amides is 1. The maximum atomic E-state index is 11.9. The topological polar surface area (TPSA) is 91.5 Å². The van der Waals surface area contributed by atoms with Gasteiger partial charge in [0.25, 0.3) is 5.91 Å². The Morgan fingerprint density at radius 3 is 2.60 bits per heavy atom. The fraction of sp³-hybridized carbons (Fsp3) is 0.471. The van der Waals surface area contributed by atoms with Gasteiger partial charge in [-0.05, 0) is 33.3 Å². The number of hydrogen-bond acceptors (Lipinski definition) is 5. The molecule has 0 saturated heterocycles. The number of carbonyl (C=O) groups excluding carboxylic acids is 1. The number of aromatic nitrogens is 1. The number of aliphatic imine (C=N–C) groups is 1. The third kappa shape index (κ3) is 5.60. The van der Waals surface area contributed by atoms with Gasteiger partial charge in [0, 0.05) is 30.6 Å². The molecule has 2 heterocycles. The van der Waals surface area contributed by atoms with Crippen LogP contribution in [0.3, 0.4) is 0 Å². The molecule has 136 valence electrons. The Kier molecular flexibility index (Phi) is 7.00. The summed E-state index contributed by atoms with van der Waals surface area (Å²) in [4.78, 5) is 21.7. The fourth-order valence-corrected chi connectivity index (χ4v) is 3.18. The maximum absolute atomic E-state index is 11.9. The van der Waals surface area contributed by atoms with Crippen molar-refractivity contribution in [1.82, 2.24) is 20.9 Å². The molecule has 0 bridgehead atoms. The minimum Gasteiger partial charge on any atom is -0.459 e. The lowest BCUT2D eigenvalue weighted by atomic mass is 10.2. The van der Waals surface area contributed by atoms with Gasteiger partial charge in [-0.15, -0.1) is 11.3 Å². The van der Waals surface area contributed by atoms with Crippen molar-refractivity contribution in [3.05, 3.63) is 39.2 Å². The summed E-state index contributed by atoms with van der Waals surface area (Å²) >= 11 is 1.69. The molecule has 0 spiro atoms. The van der Waals surface area contributed by atoms with Crippen LogP contribution in [0.4, 0.5) is 0 Å². The molecular weight excluding hydrogens is 338 g/mol. The number of thiazole rings is 1. The molecule has 0 saturated carbocycles. The predicted molar refractivity (Wildman–Crippen MR) is 100 cm³/mol. The van der Waals surface area contributed by atoms with Crippen LogP contribution in [0.2, 0.25) is 0 Å². The highest BCUT2D eigenvalue weighted by Crippen LogP contribution is 2.16. The molecular formula is C17H25N5O2S. The van der Waals surface area contributed by atoms with Crippen LogP contribution < -0.4 is 16.0 Å². The van der Waals surface area contributed by atoms with Gasteiger partial charge in [-0.3, -0.25) is 9.79 Å². The van der Waals surface area contributed by atoms with Crippen molar-refractivity contribution in [2.24, 2.45) is 4.99 Å². The smallest absolute Gasteiger partial charge is 0.287 e. The number of carbonyl (C=O) groups is 1. The first-order chi connectivity index (χ1) is 12.0. The molecule has 0 atom stereocenters. The average Bonchev–Trinajstić information content (AvgIpc) is 3.14. The van der Waals surface area contributed by atoms with Gasteiger partial charge in [0.1, 0.15) is 0 Å². The number of nitrogens with zero attached hydrogens (tertiary/aromatic N) is 2. The lowest BCUT2D eigenvalue weighted by Crippen LogP contribution is -2.38. The van der Waals surface area contributed by atoms with Crippen LogP contribution in [0.1, 0.15) is 38.1 Å². The van der Waals surface area contributed by atoms with Crippen molar-refractivity contribution < 1.29 is 9.21 Å². The van der Waals surface area contributed by atoms with E-state index in [1.165, 1.54) is 11.1 Å². The van der Waals surface area contributed by atoms with Crippen LogP contribution in [-0.2, 0) is 6.54 Å². The third-order valence-electron chi connectivity index (χ3n) is 3.64. The Morgan fingerprint density at radius 2 is 2.00 bits per heavy atom. The van der Waals surface area contributed by atoms with Crippen LogP contribution in [-0.4, -0.2) is 37.0 Å². The Hall–Kier alpha value is -2.35. The molecule has 7 nitrogen and oxygen atoms in total. The van der Waals surface area contributed by atoms with E-state index in [9.17, 15) is 4.79 Å². The van der Waals surface area contributed by atoms with Gasteiger partial charge in [-0.25, -0.2) is 4.98 Å². The van der Waals surface area contributed by atoms with E-state index in [4.69, 9.17) is 4.42 Å². The van der Waals surface area contributed by atoms with Crippen molar-refractivity contribution in [2.45, 2.75) is 33.7 Å². The lowest BCUT2D eigenvalue weighted by Gasteiger charge is -2.11. The zero-order chi connectivity index (χ0) is 18.2. The van der Waals surface area contributed by atoms with Crippen LogP contribution in [0.15, 0.2) is 21.7 Å². The zero-order valence-corrected chi connectivity index (χ0v) is 15.9. The summed E-state index contributed by atoms with van der Waals surface area (Å²) in [6.07, 6.45) is 2.30. The number of nitrogens with one attached hydrogen (secondary N) is 3. The number of furan rings is 1. The molecule has 0 aliphatic rings. The van der Waals surface area contributed by atoms with E-state index in [0.29, 0.717) is 25.4 Å². The van der Waals surface area contributed by atoms with Crippen LogP contribution in [0.25, 0.3) is 0 Å². The van der Waals surface area contributed by atoms with Gasteiger partial charge >= 0.3 is 0 Å². The van der Waals surface area contributed by atoms with Crippen molar-refractivity contribution in [1.29, 1.82) is 0 Å². The van der Waals surface area contributed by atoms with Crippen LogP contribution in [0, 0.1) is 20.8 Å². The van der Waals surface area contributed by atoms with Crippen molar-refractivity contribution in [2.75, 3.05) is 20.1 Å². The summed E-state index contributed by atoms with van der Waals surface area (Å²) in [6, 6.07) is 1.78. The lowest BCUT2D eigenvalue weighted by molar-refractivity contribution is 0.0925. The van der Waals surface area contributed by atoms with Gasteiger partial charge in [-0.2, -0.15) is 0 Å². The van der Waals surface area contributed by atoms with E-state index in [1.807, 2.05) is 20.8 Å². The normalized spacial score (nSPS) is 11.4. The first-order valence-corrected chi connectivity index (χ1v) is 9.02. The van der Waals surface area contributed by atoms with E-state index in [2.05, 4.69) is 25.9 Å². The molecule has 0 aliphatic carbocycles. The molecule has 0 unspecified atom stereocenters. The first kappa shape index (κ1) is 19.0. The van der Waals surface area contributed by atoms with Crippen molar-refractivity contribution in [3.8, 4) is 0 Å². The number of rotatable bonds is 7. The highest BCUT2D eigenvalue weighted by Gasteiger charge is 2.11. The summed E-state index contributed by atoms with van der Waals surface area (Å²) in [6.45, 7) is 7.84. The Bertz CT molecular complexity index is 735. The van der Waals surface area contributed by atoms with Crippen molar-refractivity contribution >= 4 is 23.2 Å². The van der Waals surface area contributed by atoms with Gasteiger partial charge in [-0.1, -0.05) is 0 Å². The quantitative estimate of drug-likeness (QED) is 0.398. The van der Waals surface area contributed by atoms with E-state index in [0.717, 1.165) is 28.6 Å². The molecule has 2 rings (SSSR count). The summed E-state index contributed by atoms with van der Waals surface area (Å²) in [5.74, 6) is 0.931. The first-order valence-electron chi connectivity index (χ1n) is 8.21. The van der Waals surface area contributed by atoms with Gasteiger partial charge in [0.05, 0.1) is 23.5 Å². The average molecular weight is 363 g/mol. The molecule has 2 aromatic heterocycles. The minimum atomic E-state index is -0.180.